The Morgan fingerprint density at radius 1 is 1.10 bits per heavy atom. The van der Waals surface area contributed by atoms with Gasteiger partial charge in [0.2, 0.25) is 0 Å². The minimum absolute atomic E-state index is 0.652. The van der Waals surface area contributed by atoms with Gasteiger partial charge in [0.15, 0.2) is 0 Å². The molecular weight excluding hydrogens is 280 g/mol. The van der Waals surface area contributed by atoms with E-state index >= 15 is 0 Å². The van der Waals surface area contributed by atoms with E-state index in [9.17, 15) is 0 Å². The van der Waals surface area contributed by atoms with Gasteiger partial charge in [0.25, 0.3) is 0 Å². The summed E-state index contributed by atoms with van der Waals surface area (Å²) in [4.78, 5) is 4.39. The smallest absolute Gasteiger partial charge is 0.145 e. The topological polar surface area (TPSA) is 34.1 Å². The Kier molecular flexibility index (Phi) is 4.82. The first-order chi connectivity index (χ1) is 10.4. The molecule has 2 aromatic heterocycles. The fourth-order valence-electron chi connectivity index (χ4n) is 2.22. The van der Waals surface area contributed by atoms with Crippen LogP contribution in [0.15, 0.2) is 53.4 Å². The van der Waals surface area contributed by atoms with Gasteiger partial charge in [-0.25, -0.2) is 0 Å². The van der Waals surface area contributed by atoms with Gasteiger partial charge in [0, 0.05) is 18.1 Å². The van der Waals surface area contributed by atoms with Gasteiger partial charge in [-0.1, -0.05) is 18.2 Å². The molecular formula is C17H18N2OS. The zero-order valence-corrected chi connectivity index (χ0v) is 12.6. The number of fused-ring (bicyclic) bond motifs is 1. The molecule has 21 heavy (non-hydrogen) atoms. The van der Waals surface area contributed by atoms with E-state index in [0.29, 0.717) is 6.61 Å². The maximum Gasteiger partial charge on any atom is 0.145 e. The molecule has 0 spiro atoms. The van der Waals surface area contributed by atoms with Crippen molar-refractivity contribution in [1.29, 1.82) is 0 Å². The van der Waals surface area contributed by atoms with Crippen molar-refractivity contribution in [3.05, 3.63) is 58.9 Å². The Labute approximate surface area is 128 Å². The van der Waals surface area contributed by atoms with Gasteiger partial charge in [-0.3, -0.25) is 4.98 Å². The van der Waals surface area contributed by atoms with Crippen LogP contribution in [0.3, 0.4) is 0 Å². The van der Waals surface area contributed by atoms with Gasteiger partial charge in [-0.2, -0.15) is 11.3 Å². The van der Waals surface area contributed by atoms with E-state index in [4.69, 9.17) is 4.74 Å². The summed E-state index contributed by atoms with van der Waals surface area (Å²) in [5, 5.41) is 8.82. The third-order valence-electron chi connectivity index (χ3n) is 3.30. The molecule has 0 bridgehead atoms. The molecule has 3 aromatic rings. The van der Waals surface area contributed by atoms with Crippen LogP contribution in [0.2, 0.25) is 0 Å². The van der Waals surface area contributed by atoms with Crippen LogP contribution in [0.1, 0.15) is 5.56 Å². The molecule has 0 atom stereocenters. The molecule has 0 aliphatic rings. The molecule has 0 aliphatic heterocycles. The number of rotatable bonds is 7. The number of para-hydroxylation sites is 1. The number of hydrogen-bond acceptors (Lipinski definition) is 4. The lowest BCUT2D eigenvalue weighted by atomic mass is 10.2. The third-order valence-corrected chi connectivity index (χ3v) is 4.03. The fraction of sp³-hybridized carbons (Fsp3) is 0.235. The molecule has 0 radical (unpaired) electrons. The zero-order valence-electron chi connectivity index (χ0n) is 11.8. The van der Waals surface area contributed by atoms with Crippen molar-refractivity contribution in [3.63, 3.8) is 0 Å². The maximum absolute atomic E-state index is 5.83. The molecule has 2 heterocycles. The molecule has 4 heteroatoms. The van der Waals surface area contributed by atoms with E-state index < -0.39 is 0 Å². The summed E-state index contributed by atoms with van der Waals surface area (Å²) in [6.45, 7) is 2.47. The van der Waals surface area contributed by atoms with Crippen LogP contribution in [0, 0.1) is 0 Å². The van der Waals surface area contributed by atoms with E-state index in [0.717, 1.165) is 36.2 Å². The van der Waals surface area contributed by atoms with E-state index in [1.54, 1.807) is 17.5 Å². The molecule has 0 unspecified atom stereocenters. The summed E-state index contributed by atoms with van der Waals surface area (Å²) >= 11 is 1.75. The number of benzene rings is 1. The summed E-state index contributed by atoms with van der Waals surface area (Å²) in [6.07, 6.45) is 2.87. The molecule has 1 N–H and O–H groups in total. The van der Waals surface area contributed by atoms with Crippen molar-refractivity contribution in [1.82, 2.24) is 10.3 Å². The lowest BCUT2D eigenvalue weighted by Gasteiger charge is -2.09. The van der Waals surface area contributed by atoms with Crippen LogP contribution in [0.5, 0.6) is 5.75 Å². The second kappa shape index (κ2) is 7.20. The predicted molar refractivity (Wildman–Crippen MR) is 88.1 cm³/mol. The summed E-state index contributed by atoms with van der Waals surface area (Å²) in [7, 11) is 0. The van der Waals surface area contributed by atoms with Gasteiger partial charge >= 0.3 is 0 Å². The highest BCUT2D eigenvalue weighted by Gasteiger charge is 2.02. The summed E-state index contributed by atoms with van der Waals surface area (Å²) < 4.78 is 5.83. The van der Waals surface area contributed by atoms with Crippen molar-refractivity contribution in [3.8, 4) is 5.75 Å². The second-order valence-electron chi connectivity index (χ2n) is 4.81. The van der Waals surface area contributed by atoms with Gasteiger partial charge in [0.05, 0.1) is 0 Å². The molecule has 0 amide bonds. The largest absolute Gasteiger partial charge is 0.490 e. The lowest BCUT2D eigenvalue weighted by Crippen LogP contribution is -2.23. The second-order valence-corrected chi connectivity index (χ2v) is 5.59. The number of pyridine rings is 1. The first-order valence-corrected chi connectivity index (χ1v) is 8.06. The van der Waals surface area contributed by atoms with E-state index in [2.05, 4.69) is 27.1 Å². The summed E-state index contributed by atoms with van der Waals surface area (Å²) in [5.74, 6) is 0.854. The van der Waals surface area contributed by atoms with Gasteiger partial charge in [-0.15, -0.1) is 0 Å². The van der Waals surface area contributed by atoms with Gasteiger partial charge in [0.1, 0.15) is 17.9 Å². The minimum atomic E-state index is 0.652. The monoisotopic (exact) mass is 298 g/mol. The molecule has 0 saturated heterocycles. The molecule has 0 saturated carbocycles. The summed E-state index contributed by atoms with van der Waals surface area (Å²) in [5.41, 5.74) is 2.32. The van der Waals surface area contributed by atoms with Crippen molar-refractivity contribution in [2.75, 3.05) is 19.7 Å². The lowest BCUT2D eigenvalue weighted by molar-refractivity contribution is 0.317. The normalized spacial score (nSPS) is 10.9. The van der Waals surface area contributed by atoms with Crippen molar-refractivity contribution in [2.45, 2.75) is 6.42 Å². The Bertz CT molecular complexity index is 677. The van der Waals surface area contributed by atoms with Gasteiger partial charge < -0.3 is 10.1 Å². The van der Waals surface area contributed by atoms with Crippen molar-refractivity contribution >= 4 is 22.2 Å². The fourth-order valence-corrected chi connectivity index (χ4v) is 2.92. The number of hydrogen-bond donors (Lipinski definition) is 1. The van der Waals surface area contributed by atoms with Crippen LogP contribution in [0.25, 0.3) is 10.9 Å². The number of nitrogens with zero attached hydrogens (tertiary/aromatic N) is 1. The van der Waals surface area contributed by atoms with Crippen LogP contribution in [-0.2, 0) is 6.42 Å². The molecule has 3 rings (SSSR count). The Morgan fingerprint density at radius 2 is 2.05 bits per heavy atom. The Hall–Kier alpha value is -1.91. The highest BCUT2D eigenvalue weighted by Crippen LogP contribution is 2.22. The first kappa shape index (κ1) is 14.0. The average molecular weight is 298 g/mol. The SMILES string of the molecule is c1cnc2c(OCCNCCc3ccsc3)cccc2c1. The van der Waals surface area contributed by atoms with Crippen molar-refractivity contribution in [2.24, 2.45) is 0 Å². The molecule has 0 fully saturated rings. The molecule has 1 aromatic carbocycles. The van der Waals surface area contributed by atoms with Crippen LogP contribution in [0.4, 0.5) is 0 Å². The van der Waals surface area contributed by atoms with E-state index in [1.807, 2.05) is 30.3 Å². The van der Waals surface area contributed by atoms with Gasteiger partial charge in [-0.05, 0) is 47.5 Å². The van der Waals surface area contributed by atoms with Crippen LogP contribution in [-0.4, -0.2) is 24.7 Å². The molecule has 0 aliphatic carbocycles. The third kappa shape index (κ3) is 3.80. The number of ether oxygens (including phenoxy) is 1. The zero-order chi connectivity index (χ0) is 14.3. The van der Waals surface area contributed by atoms with E-state index in [-0.39, 0.29) is 0 Å². The van der Waals surface area contributed by atoms with Crippen molar-refractivity contribution < 1.29 is 4.74 Å². The highest BCUT2D eigenvalue weighted by atomic mass is 32.1. The quantitative estimate of drug-likeness (QED) is 0.678. The summed E-state index contributed by atoms with van der Waals surface area (Å²) in [6, 6.07) is 12.2. The maximum atomic E-state index is 5.83. The number of thiophene rings is 1. The van der Waals surface area contributed by atoms with Crippen LogP contribution < -0.4 is 10.1 Å². The average Bonchev–Trinajstić information content (AvgIpc) is 3.04. The number of aromatic nitrogens is 1. The van der Waals surface area contributed by atoms with E-state index in [1.165, 1.54) is 5.56 Å². The van der Waals surface area contributed by atoms with Crippen LogP contribution >= 0.6 is 11.3 Å². The Morgan fingerprint density at radius 3 is 2.95 bits per heavy atom. The molecule has 108 valence electrons. The molecule has 3 nitrogen and oxygen atoms in total. The highest BCUT2D eigenvalue weighted by molar-refractivity contribution is 7.07. The number of nitrogens with one attached hydrogen (secondary N) is 1. The standard InChI is InChI=1S/C17H18N2OS/c1-3-15-4-2-8-19-17(15)16(5-1)20-11-10-18-9-6-14-7-12-21-13-14/h1-5,7-8,12-13,18H,6,9-11H2. The minimum Gasteiger partial charge on any atom is -0.490 e. The Balaban J connectivity index is 1.44. The predicted octanol–water partition coefficient (Wildman–Crippen LogP) is 3.51. The first-order valence-electron chi connectivity index (χ1n) is 7.12.